The summed E-state index contributed by atoms with van der Waals surface area (Å²) >= 11 is 1.33. The highest BCUT2D eigenvalue weighted by Crippen LogP contribution is 2.17. The largest absolute Gasteiger partial charge is 0.353 e. The Kier molecular flexibility index (Phi) is 8.00. The molecule has 2 N–H and O–H groups in total. The van der Waals surface area contributed by atoms with Gasteiger partial charge >= 0.3 is 0 Å². The van der Waals surface area contributed by atoms with Gasteiger partial charge in [0.15, 0.2) is 5.13 Å². The van der Waals surface area contributed by atoms with Crippen molar-refractivity contribution in [3.63, 3.8) is 0 Å². The van der Waals surface area contributed by atoms with Crippen molar-refractivity contribution in [1.82, 2.24) is 15.2 Å². The third-order valence-electron chi connectivity index (χ3n) is 5.55. The van der Waals surface area contributed by atoms with Crippen LogP contribution in [-0.4, -0.2) is 40.8 Å². The summed E-state index contributed by atoms with van der Waals surface area (Å²) in [5, 5.41) is 8.21. The predicted molar refractivity (Wildman–Crippen MR) is 133 cm³/mol. The molecule has 7 heteroatoms. The molecular weight excluding hydrogens is 432 g/mol. The Balaban J connectivity index is 1.18. The predicted octanol–water partition coefficient (Wildman–Crippen LogP) is 4.12. The molecule has 4 rings (SSSR count). The lowest BCUT2D eigenvalue weighted by Crippen LogP contribution is -2.44. The Hall–Kier alpha value is -3.29. The minimum atomic E-state index is -0.244. The van der Waals surface area contributed by atoms with Crippen LogP contribution >= 0.6 is 11.3 Å². The molecule has 1 aliphatic rings. The molecule has 3 aromatic rings. The normalized spacial score (nSPS) is 14.9. The lowest BCUT2D eigenvalue weighted by atomic mass is 10.0. The number of rotatable bonds is 8. The minimum absolute atomic E-state index is 0.0244. The van der Waals surface area contributed by atoms with Gasteiger partial charge in [-0.1, -0.05) is 60.7 Å². The van der Waals surface area contributed by atoms with Crippen molar-refractivity contribution in [3.8, 4) is 0 Å². The Morgan fingerprint density at radius 1 is 1.03 bits per heavy atom. The molecule has 0 bridgehead atoms. The monoisotopic (exact) mass is 460 g/mol. The molecular formula is C26H28N4O2S. The van der Waals surface area contributed by atoms with Gasteiger partial charge < -0.3 is 5.32 Å². The lowest BCUT2D eigenvalue weighted by Gasteiger charge is -2.32. The van der Waals surface area contributed by atoms with E-state index in [1.165, 1.54) is 23.0 Å². The molecule has 2 aromatic carbocycles. The van der Waals surface area contributed by atoms with Gasteiger partial charge in [-0.15, -0.1) is 11.3 Å². The third-order valence-corrected chi connectivity index (χ3v) is 6.36. The average Bonchev–Trinajstić information content (AvgIpc) is 3.26. The topological polar surface area (TPSA) is 74.3 Å². The van der Waals surface area contributed by atoms with Gasteiger partial charge in [-0.25, -0.2) is 4.98 Å². The van der Waals surface area contributed by atoms with Crippen molar-refractivity contribution in [2.45, 2.75) is 31.8 Å². The number of carbonyl (C=O) groups is 2. The van der Waals surface area contributed by atoms with Gasteiger partial charge in [0.25, 0.3) is 0 Å². The standard InChI is InChI=1S/C26H28N4O2S/c31-24(12-11-20-7-3-1-4-8-20)29-26-28-23(19-33-26)17-25(32)27-22-13-15-30(16-14-22)18-21-9-5-2-6-10-21/h1-12,19,22H,13-18H2,(H,27,32)(H,28,29,31)/b12-11+. The molecule has 2 amide bonds. The lowest BCUT2D eigenvalue weighted by molar-refractivity contribution is -0.121. The van der Waals surface area contributed by atoms with Gasteiger partial charge in [0, 0.05) is 37.1 Å². The van der Waals surface area contributed by atoms with Crippen LogP contribution in [0.1, 0.15) is 29.7 Å². The summed E-state index contributed by atoms with van der Waals surface area (Å²) in [6.07, 6.45) is 5.35. The number of hydrogen-bond donors (Lipinski definition) is 2. The maximum atomic E-state index is 12.5. The molecule has 0 radical (unpaired) electrons. The van der Waals surface area contributed by atoms with Crippen LogP contribution in [0.2, 0.25) is 0 Å². The summed E-state index contributed by atoms with van der Waals surface area (Å²) < 4.78 is 0. The first-order valence-electron chi connectivity index (χ1n) is 11.2. The molecule has 0 unspecified atom stereocenters. The van der Waals surface area contributed by atoms with E-state index in [-0.39, 0.29) is 24.3 Å². The summed E-state index contributed by atoms with van der Waals surface area (Å²) in [5.74, 6) is -0.268. The van der Waals surface area contributed by atoms with Gasteiger partial charge in [0.2, 0.25) is 11.8 Å². The highest BCUT2D eigenvalue weighted by molar-refractivity contribution is 7.14. The molecule has 1 saturated heterocycles. The van der Waals surface area contributed by atoms with Crippen molar-refractivity contribution >= 4 is 34.4 Å². The van der Waals surface area contributed by atoms with Gasteiger partial charge in [-0.3, -0.25) is 19.8 Å². The van der Waals surface area contributed by atoms with E-state index in [1.54, 1.807) is 6.08 Å². The summed E-state index contributed by atoms with van der Waals surface area (Å²) in [6.45, 7) is 2.90. The van der Waals surface area contributed by atoms with E-state index in [9.17, 15) is 9.59 Å². The number of benzene rings is 2. The van der Waals surface area contributed by atoms with Crippen molar-refractivity contribution in [2.75, 3.05) is 18.4 Å². The highest BCUT2D eigenvalue weighted by atomic mass is 32.1. The van der Waals surface area contributed by atoms with Gasteiger partial charge in [0.05, 0.1) is 12.1 Å². The van der Waals surface area contributed by atoms with Crippen molar-refractivity contribution < 1.29 is 9.59 Å². The van der Waals surface area contributed by atoms with Crippen LogP contribution in [0, 0.1) is 0 Å². The van der Waals surface area contributed by atoms with E-state index in [0.717, 1.165) is 38.0 Å². The molecule has 0 atom stereocenters. The smallest absolute Gasteiger partial charge is 0.250 e. The van der Waals surface area contributed by atoms with E-state index in [0.29, 0.717) is 10.8 Å². The van der Waals surface area contributed by atoms with Crippen LogP contribution in [0.5, 0.6) is 0 Å². The van der Waals surface area contributed by atoms with Crippen LogP contribution in [0.25, 0.3) is 6.08 Å². The zero-order valence-corrected chi connectivity index (χ0v) is 19.3. The summed E-state index contributed by atoms with van der Waals surface area (Å²) in [6, 6.07) is 20.3. The number of nitrogens with zero attached hydrogens (tertiary/aromatic N) is 2. The number of likely N-dealkylation sites (tertiary alicyclic amines) is 1. The zero-order valence-electron chi connectivity index (χ0n) is 18.4. The number of hydrogen-bond acceptors (Lipinski definition) is 5. The molecule has 0 aliphatic carbocycles. The van der Waals surface area contributed by atoms with Crippen molar-refractivity contribution in [1.29, 1.82) is 0 Å². The SMILES string of the molecule is O=C(/C=C/c1ccccc1)Nc1nc(CC(=O)NC2CCN(Cc3ccccc3)CC2)cs1. The second kappa shape index (κ2) is 11.5. The number of aromatic nitrogens is 1. The number of thiazole rings is 1. The first kappa shape index (κ1) is 22.9. The highest BCUT2D eigenvalue weighted by Gasteiger charge is 2.21. The Labute approximate surface area is 198 Å². The minimum Gasteiger partial charge on any atom is -0.353 e. The molecule has 2 heterocycles. The van der Waals surface area contributed by atoms with Gasteiger partial charge in [-0.05, 0) is 30.0 Å². The van der Waals surface area contributed by atoms with Crippen LogP contribution in [0.4, 0.5) is 5.13 Å². The van der Waals surface area contributed by atoms with Crippen LogP contribution in [-0.2, 0) is 22.6 Å². The number of amides is 2. The van der Waals surface area contributed by atoms with E-state index in [1.807, 2.05) is 41.8 Å². The maximum Gasteiger partial charge on any atom is 0.250 e. The van der Waals surface area contributed by atoms with E-state index < -0.39 is 0 Å². The van der Waals surface area contributed by atoms with Crippen LogP contribution < -0.4 is 10.6 Å². The second-order valence-electron chi connectivity index (χ2n) is 8.16. The molecule has 170 valence electrons. The van der Waals surface area contributed by atoms with E-state index in [4.69, 9.17) is 0 Å². The molecule has 6 nitrogen and oxygen atoms in total. The van der Waals surface area contributed by atoms with Crippen LogP contribution in [0.3, 0.4) is 0 Å². The first-order valence-corrected chi connectivity index (χ1v) is 12.1. The summed E-state index contributed by atoms with van der Waals surface area (Å²) in [7, 11) is 0. The fourth-order valence-electron chi connectivity index (χ4n) is 3.85. The molecule has 1 aliphatic heterocycles. The van der Waals surface area contributed by atoms with Crippen LogP contribution in [0.15, 0.2) is 72.1 Å². The number of carbonyl (C=O) groups excluding carboxylic acids is 2. The zero-order chi connectivity index (χ0) is 22.9. The summed E-state index contributed by atoms with van der Waals surface area (Å²) in [5.41, 5.74) is 2.94. The molecule has 0 spiro atoms. The maximum absolute atomic E-state index is 12.5. The van der Waals surface area contributed by atoms with E-state index in [2.05, 4.69) is 44.8 Å². The average molecular weight is 461 g/mol. The quantitative estimate of drug-likeness (QED) is 0.496. The Morgan fingerprint density at radius 2 is 1.73 bits per heavy atom. The Morgan fingerprint density at radius 3 is 2.45 bits per heavy atom. The molecule has 0 saturated carbocycles. The third kappa shape index (κ3) is 7.37. The molecule has 33 heavy (non-hydrogen) atoms. The van der Waals surface area contributed by atoms with Crippen molar-refractivity contribution in [3.05, 3.63) is 88.9 Å². The van der Waals surface area contributed by atoms with Gasteiger partial charge in [0.1, 0.15) is 0 Å². The molecule has 1 fully saturated rings. The van der Waals surface area contributed by atoms with Crippen molar-refractivity contribution in [2.24, 2.45) is 0 Å². The summed E-state index contributed by atoms with van der Waals surface area (Å²) in [4.78, 5) is 31.4. The van der Waals surface area contributed by atoms with Gasteiger partial charge in [-0.2, -0.15) is 0 Å². The number of anilines is 1. The first-order chi connectivity index (χ1) is 16.1. The Bertz CT molecular complexity index is 1070. The number of piperidine rings is 1. The fraction of sp³-hybridized carbons (Fsp3) is 0.269. The molecule has 1 aromatic heterocycles. The second-order valence-corrected chi connectivity index (χ2v) is 9.02. The fourth-order valence-corrected chi connectivity index (χ4v) is 4.56. The number of nitrogens with one attached hydrogen (secondary N) is 2. The van der Waals surface area contributed by atoms with E-state index >= 15 is 0 Å².